The molecule has 0 amide bonds. The van der Waals surface area contributed by atoms with E-state index >= 15 is 0 Å². The summed E-state index contributed by atoms with van der Waals surface area (Å²) in [5, 5.41) is 2.80. The molecular formula is C13H18ClF3N2. The third-order valence-electron chi connectivity index (χ3n) is 2.89. The van der Waals surface area contributed by atoms with E-state index in [1.54, 1.807) is 0 Å². The van der Waals surface area contributed by atoms with Crippen molar-refractivity contribution in [3.63, 3.8) is 0 Å². The zero-order chi connectivity index (χ0) is 14.3. The van der Waals surface area contributed by atoms with Gasteiger partial charge < -0.3 is 5.32 Å². The lowest BCUT2D eigenvalue weighted by Crippen LogP contribution is -2.18. The minimum Gasteiger partial charge on any atom is -0.369 e. The second-order valence-corrected chi connectivity index (χ2v) is 4.79. The van der Waals surface area contributed by atoms with Gasteiger partial charge in [0.2, 0.25) is 0 Å². The zero-order valence-corrected chi connectivity index (χ0v) is 11.6. The number of halogens is 4. The highest BCUT2D eigenvalue weighted by Gasteiger charge is 2.34. The van der Waals surface area contributed by atoms with Crippen LogP contribution in [0.2, 0.25) is 0 Å². The maximum absolute atomic E-state index is 12.8. The van der Waals surface area contributed by atoms with Gasteiger partial charge in [0.1, 0.15) is 5.82 Å². The maximum Gasteiger partial charge on any atom is 0.419 e. The highest BCUT2D eigenvalue weighted by molar-refractivity contribution is 6.17. The standard InChI is InChI=1S/C13H18ClF3N2/c1-2-4-10(6-7-14)9-19-12-11(13(15,16)17)5-3-8-18-12/h3,5,8,10H,2,4,6-7,9H2,1H3,(H,18,19). The normalized spacial score (nSPS) is 13.3. The van der Waals surface area contributed by atoms with Gasteiger partial charge in [-0.15, -0.1) is 11.6 Å². The fourth-order valence-electron chi connectivity index (χ4n) is 1.93. The van der Waals surface area contributed by atoms with E-state index in [9.17, 15) is 13.2 Å². The molecule has 1 heterocycles. The van der Waals surface area contributed by atoms with Gasteiger partial charge in [-0.2, -0.15) is 13.2 Å². The summed E-state index contributed by atoms with van der Waals surface area (Å²) >= 11 is 5.69. The van der Waals surface area contributed by atoms with Gasteiger partial charge in [0.25, 0.3) is 0 Å². The SMILES string of the molecule is CCCC(CCCl)CNc1ncccc1C(F)(F)F. The van der Waals surface area contributed by atoms with Crippen LogP contribution in [0.4, 0.5) is 19.0 Å². The predicted octanol–water partition coefficient (Wildman–Crippen LogP) is 4.56. The summed E-state index contributed by atoms with van der Waals surface area (Å²) in [5.41, 5.74) is -0.726. The molecule has 1 unspecified atom stereocenters. The van der Waals surface area contributed by atoms with Crippen LogP contribution in [0.15, 0.2) is 18.3 Å². The van der Waals surface area contributed by atoms with Crippen LogP contribution in [-0.2, 0) is 6.18 Å². The van der Waals surface area contributed by atoms with Crippen LogP contribution in [0.3, 0.4) is 0 Å². The van der Waals surface area contributed by atoms with Crippen LogP contribution >= 0.6 is 11.6 Å². The van der Waals surface area contributed by atoms with Crippen LogP contribution in [0.25, 0.3) is 0 Å². The van der Waals surface area contributed by atoms with Crippen LogP contribution in [-0.4, -0.2) is 17.4 Å². The monoisotopic (exact) mass is 294 g/mol. The highest BCUT2D eigenvalue weighted by Crippen LogP contribution is 2.33. The molecule has 0 aromatic carbocycles. The Hall–Kier alpha value is -0.970. The maximum atomic E-state index is 12.8. The number of pyridine rings is 1. The Bertz CT molecular complexity index is 376. The molecule has 1 aromatic rings. The van der Waals surface area contributed by atoms with Crippen molar-refractivity contribution >= 4 is 17.4 Å². The van der Waals surface area contributed by atoms with Crippen molar-refractivity contribution in [2.45, 2.75) is 32.4 Å². The van der Waals surface area contributed by atoms with E-state index in [1.807, 2.05) is 6.92 Å². The van der Waals surface area contributed by atoms with E-state index in [-0.39, 0.29) is 11.7 Å². The zero-order valence-electron chi connectivity index (χ0n) is 10.8. The first kappa shape index (κ1) is 16.1. The topological polar surface area (TPSA) is 24.9 Å². The average molecular weight is 295 g/mol. The molecule has 1 atom stereocenters. The lowest BCUT2D eigenvalue weighted by atomic mass is 10.0. The molecule has 0 fully saturated rings. The van der Waals surface area contributed by atoms with Crippen molar-refractivity contribution in [3.8, 4) is 0 Å². The molecule has 0 radical (unpaired) electrons. The van der Waals surface area contributed by atoms with E-state index in [4.69, 9.17) is 11.6 Å². The summed E-state index contributed by atoms with van der Waals surface area (Å²) in [7, 11) is 0. The Morgan fingerprint density at radius 2 is 2.11 bits per heavy atom. The van der Waals surface area contributed by atoms with Gasteiger partial charge in [0.15, 0.2) is 0 Å². The molecule has 0 aliphatic carbocycles. The smallest absolute Gasteiger partial charge is 0.369 e. The van der Waals surface area contributed by atoms with Crippen molar-refractivity contribution in [2.75, 3.05) is 17.7 Å². The molecule has 0 bridgehead atoms. The van der Waals surface area contributed by atoms with Gasteiger partial charge >= 0.3 is 6.18 Å². The average Bonchev–Trinajstić information content (AvgIpc) is 2.36. The molecular weight excluding hydrogens is 277 g/mol. The fraction of sp³-hybridized carbons (Fsp3) is 0.615. The third kappa shape index (κ3) is 5.27. The van der Waals surface area contributed by atoms with E-state index in [0.717, 1.165) is 25.3 Å². The van der Waals surface area contributed by atoms with E-state index < -0.39 is 11.7 Å². The van der Waals surface area contributed by atoms with Crippen molar-refractivity contribution in [2.24, 2.45) is 5.92 Å². The van der Waals surface area contributed by atoms with Crippen LogP contribution < -0.4 is 5.32 Å². The summed E-state index contributed by atoms with van der Waals surface area (Å²) in [6.07, 6.45) is -0.320. The Kier molecular flexibility index (Phi) is 6.42. The number of nitrogens with one attached hydrogen (secondary N) is 1. The molecule has 0 aliphatic heterocycles. The minimum absolute atomic E-state index is 0.106. The summed E-state index contributed by atoms with van der Waals surface area (Å²) in [6, 6.07) is 2.32. The van der Waals surface area contributed by atoms with Crippen molar-refractivity contribution in [1.82, 2.24) is 4.98 Å². The van der Waals surface area contributed by atoms with E-state index in [0.29, 0.717) is 12.4 Å². The van der Waals surface area contributed by atoms with Crippen molar-refractivity contribution in [3.05, 3.63) is 23.9 Å². The number of rotatable bonds is 7. The van der Waals surface area contributed by atoms with Crippen molar-refractivity contribution < 1.29 is 13.2 Å². The first-order chi connectivity index (χ1) is 8.99. The number of alkyl halides is 4. The fourth-order valence-corrected chi connectivity index (χ4v) is 2.24. The molecule has 0 aliphatic rings. The number of hydrogen-bond donors (Lipinski definition) is 1. The number of hydrogen-bond acceptors (Lipinski definition) is 2. The molecule has 6 heteroatoms. The molecule has 0 saturated carbocycles. The molecule has 1 aromatic heterocycles. The van der Waals surface area contributed by atoms with Gasteiger partial charge in [0.05, 0.1) is 5.56 Å². The lowest BCUT2D eigenvalue weighted by Gasteiger charge is -2.18. The Labute approximate surface area is 116 Å². The predicted molar refractivity (Wildman–Crippen MR) is 71.5 cm³/mol. The summed E-state index contributed by atoms with van der Waals surface area (Å²) in [4.78, 5) is 3.77. The molecule has 2 nitrogen and oxygen atoms in total. The van der Waals surface area contributed by atoms with Gasteiger partial charge in [-0.05, 0) is 30.9 Å². The minimum atomic E-state index is -4.39. The molecule has 108 valence electrons. The highest BCUT2D eigenvalue weighted by atomic mass is 35.5. The Balaban J connectivity index is 2.71. The Morgan fingerprint density at radius 3 is 2.68 bits per heavy atom. The third-order valence-corrected chi connectivity index (χ3v) is 3.10. The van der Waals surface area contributed by atoms with E-state index in [1.165, 1.54) is 12.3 Å². The van der Waals surface area contributed by atoms with E-state index in [2.05, 4.69) is 10.3 Å². The van der Waals surface area contributed by atoms with Gasteiger partial charge in [-0.3, -0.25) is 0 Å². The summed E-state index contributed by atoms with van der Waals surface area (Å²) in [6.45, 7) is 2.50. The number of aromatic nitrogens is 1. The van der Waals surface area contributed by atoms with Crippen molar-refractivity contribution in [1.29, 1.82) is 0 Å². The van der Waals surface area contributed by atoms with Crippen LogP contribution in [0, 0.1) is 5.92 Å². The number of anilines is 1. The molecule has 1 N–H and O–H groups in total. The van der Waals surface area contributed by atoms with Gasteiger partial charge in [-0.25, -0.2) is 4.98 Å². The second-order valence-electron chi connectivity index (χ2n) is 4.41. The largest absolute Gasteiger partial charge is 0.419 e. The summed E-state index contributed by atoms with van der Waals surface area (Å²) < 4.78 is 38.3. The molecule has 19 heavy (non-hydrogen) atoms. The first-order valence-corrected chi connectivity index (χ1v) is 6.84. The summed E-state index contributed by atoms with van der Waals surface area (Å²) in [5.74, 6) is 0.678. The molecule has 1 rings (SSSR count). The Morgan fingerprint density at radius 1 is 1.37 bits per heavy atom. The van der Waals surface area contributed by atoms with Gasteiger partial charge in [-0.1, -0.05) is 13.3 Å². The lowest BCUT2D eigenvalue weighted by molar-refractivity contribution is -0.137. The van der Waals surface area contributed by atoms with Gasteiger partial charge in [0, 0.05) is 18.6 Å². The van der Waals surface area contributed by atoms with Crippen LogP contribution in [0.1, 0.15) is 31.7 Å². The molecule has 0 saturated heterocycles. The molecule has 0 spiro atoms. The first-order valence-electron chi connectivity index (χ1n) is 6.31. The van der Waals surface area contributed by atoms with Crippen LogP contribution in [0.5, 0.6) is 0 Å². The number of nitrogens with zero attached hydrogens (tertiary/aromatic N) is 1. The second kappa shape index (κ2) is 7.58. The quantitative estimate of drug-likeness (QED) is 0.746.